The molecule has 100 valence electrons. The molecule has 1 aromatic rings. The van der Waals surface area contributed by atoms with Gasteiger partial charge in [0, 0.05) is 7.05 Å². The molecular formula is C14H20ClNO2. The molecule has 18 heavy (non-hydrogen) atoms. The van der Waals surface area contributed by atoms with Gasteiger partial charge in [-0.25, -0.2) is 0 Å². The number of nitrogens with zero attached hydrogens (tertiary/aromatic N) is 1. The van der Waals surface area contributed by atoms with Crippen LogP contribution in [-0.2, 0) is 4.79 Å². The van der Waals surface area contributed by atoms with E-state index in [0.29, 0.717) is 5.75 Å². The summed E-state index contributed by atoms with van der Waals surface area (Å²) >= 11 is 5.61. The highest BCUT2D eigenvalue weighted by molar-refractivity contribution is 6.29. The van der Waals surface area contributed by atoms with Crippen LogP contribution in [0.4, 0.5) is 5.69 Å². The lowest BCUT2D eigenvalue weighted by molar-refractivity contribution is -0.116. The molecule has 4 heteroatoms. The van der Waals surface area contributed by atoms with Crippen molar-refractivity contribution < 1.29 is 9.53 Å². The van der Waals surface area contributed by atoms with Crippen molar-refractivity contribution in [2.24, 2.45) is 0 Å². The maximum absolute atomic E-state index is 11.8. The summed E-state index contributed by atoms with van der Waals surface area (Å²) < 4.78 is 5.76. The molecule has 0 aliphatic rings. The standard InChI is InChI=1S/C14H20ClNO2/c1-9(2)18-12-7-6-10(3)11(4)14(12)16(5)13(17)8-15/h6-7,9H,8H2,1-5H3. The topological polar surface area (TPSA) is 29.5 Å². The zero-order valence-corrected chi connectivity index (χ0v) is 12.3. The largest absolute Gasteiger partial charge is 0.489 e. The van der Waals surface area contributed by atoms with Crippen LogP contribution in [0.5, 0.6) is 5.75 Å². The number of amides is 1. The van der Waals surface area contributed by atoms with E-state index >= 15 is 0 Å². The number of halogens is 1. The van der Waals surface area contributed by atoms with E-state index in [-0.39, 0.29) is 17.9 Å². The Morgan fingerprint density at radius 2 is 2.00 bits per heavy atom. The van der Waals surface area contributed by atoms with Gasteiger partial charge in [-0.1, -0.05) is 6.07 Å². The summed E-state index contributed by atoms with van der Waals surface area (Å²) in [5, 5.41) is 0. The number of ether oxygens (including phenoxy) is 1. The predicted octanol–water partition coefficient (Wildman–Crippen LogP) is 3.29. The summed E-state index contributed by atoms with van der Waals surface area (Å²) in [6.07, 6.45) is 0.0605. The number of benzene rings is 1. The Balaban J connectivity index is 3.28. The van der Waals surface area contributed by atoms with Crippen LogP contribution < -0.4 is 9.64 Å². The maximum atomic E-state index is 11.8. The zero-order valence-electron chi connectivity index (χ0n) is 11.6. The molecule has 1 rings (SSSR count). The van der Waals surface area contributed by atoms with Crippen LogP contribution >= 0.6 is 11.6 Å². The van der Waals surface area contributed by atoms with Gasteiger partial charge in [0.05, 0.1) is 11.8 Å². The Kier molecular flexibility index (Phi) is 5.03. The second-order valence-electron chi connectivity index (χ2n) is 4.61. The lowest BCUT2D eigenvalue weighted by Crippen LogP contribution is -2.29. The number of carbonyl (C=O) groups is 1. The van der Waals surface area contributed by atoms with E-state index < -0.39 is 0 Å². The van der Waals surface area contributed by atoms with E-state index in [4.69, 9.17) is 16.3 Å². The van der Waals surface area contributed by atoms with Crippen LogP contribution in [0.25, 0.3) is 0 Å². The number of aryl methyl sites for hydroxylation is 1. The molecule has 0 aliphatic heterocycles. The van der Waals surface area contributed by atoms with Crippen LogP contribution in [0.3, 0.4) is 0 Å². The van der Waals surface area contributed by atoms with Gasteiger partial charge in [0.25, 0.3) is 0 Å². The SMILES string of the molecule is Cc1ccc(OC(C)C)c(N(C)C(=O)CCl)c1C. The van der Waals surface area contributed by atoms with E-state index in [1.165, 1.54) is 0 Å². The van der Waals surface area contributed by atoms with Gasteiger partial charge in [0.2, 0.25) is 5.91 Å². The second kappa shape index (κ2) is 6.10. The Bertz CT molecular complexity index is 444. The molecule has 0 aromatic heterocycles. The zero-order chi connectivity index (χ0) is 13.9. The highest BCUT2D eigenvalue weighted by atomic mass is 35.5. The third kappa shape index (κ3) is 3.16. The lowest BCUT2D eigenvalue weighted by atomic mass is 10.1. The van der Waals surface area contributed by atoms with Crippen molar-refractivity contribution in [1.29, 1.82) is 0 Å². The Labute approximate surface area is 114 Å². The minimum absolute atomic E-state index is 0.0367. The van der Waals surface area contributed by atoms with Crippen molar-refractivity contribution in [3.05, 3.63) is 23.3 Å². The van der Waals surface area contributed by atoms with Gasteiger partial charge in [-0.15, -0.1) is 11.6 Å². The lowest BCUT2D eigenvalue weighted by Gasteiger charge is -2.24. The molecular weight excluding hydrogens is 250 g/mol. The molecule has 0 fully saturated rings. The van der Waals surface area contributed by atoms with Crippen molar-refractivity contribution in [1.82, 2.24) is 0 Å². The van der Waals surface area contributed by atoms with E-state index in [1.807, 2.05) is 39.8 Å². The number of alkyl halides is 1. The summed E-state index contributed by atoms with van der Waals surface area (Å²) in [5.41, 5.74) is 2.96. The van der Waals surface area contributed by atoms with Crippen molar-refractivity contribution in [3.63, 3.8) is 0 Å². The van der Waals surface area contributed by atoms with Crippen molar-refractivity contribution in [2.75, 3.05) is 17.8 Å². The number of rotatable bonds is 4. The summed E-state index contributed by atoms with van der Waals surface area (Å²) in [6.45, 7) is 7.91. The van der Waals surface area contributed by atoms with E-state index in [0.717, 1.165) is 16.8 Å². The molecule has 0 spiro atoms. The van der Waals surface area contributed by atoms with E-state index in [9.17, 15) is 4.79 Å². The summed E-state index contributed by atoms with van der Waals surface area (Å²) in [5.74, 6) is 0.540. The van der Waals surface area contributed by atoms with Crippen molar-refractivity contribution in [2.45, 2.75) is 33.8 Å². The number of hydrogen-bond acceptors (Lipinski definition) is 2. The number of anilines is 1. The van der Waals surface area contributed by atoms with Gasteiger partial charge in [-0.2, -0.15) is 0 Å². The third-order valence-electron chi connectivity index (χ3n) is 2.85. The van der Waals surface area contributed by atoms with Crippen LogP contribution in [0.15, 0.2) is 12.1 Å². The van der Waals surface area contributed by atoms with Crippen LogP contribution in [0.1, 0.15) is 25.0 Å². The van der Waals surface area contributed by atoms with Crippen LogP contribution in [-0.4, -0.2) is 24.9 Å². The molecule has 0 saturated heterocycles. The van der Waals surface area contributed by atoms with Crippen molar-refractivity contribution >= 4 is 23.2 Å². The van der Waals surface area contributed by atoms with Crippen LogP contribution in [0.2, 0.25) is 0 Å². The third-order valence-corrected chi connectivity index (χ3v) is 3.08. The monoisotopic (exact) mass is 269 g/mol. The van der Waals surface area contributed by atoms with Gasteiger partial charge in [0.15, 0.2) is 0 Å². The first kappa shape index (κ1) is 14.8. The van der Waals surface area contributed by atoms with Crippen LogP contribution in [0, 0.1) is 13.8 Å². The first-order chi connectivity index (χ1) is 8.38. The predicted molar refractivity (Wildman–Crippen MR) is 75.8 cm³/mol. The first-order valence-corrected chi connectivity index (χ1v) is 6.51. The molecule has 0 N–H and O–H groups in total. The molecule has 3 nitrogen and oxygen atoms in total. The fraction of sp³-hybridized carbons (Fsp3) is 0.500. The summed E-state index contributed by atoms with van der Waals surface area (Å²) in [4.78, 5) is 13.3. The minimum atomic E-state index is -0.140. The maximum Gasteiger partial charge on any atom is 0.241 e. The second-order valence-corrected chi connectivity index (χ2v) is 4.87. The summed E-state index contributed by atoms with van der Waals surface area (Å²) in [7, 11) is 1.72. The molecule has 0 heterocycles. The highest BCUT2D eigenvalue weighted by Gasteiger charge is 2.18. The summed E-state index contributed by atoms with van der Waals surface area (Å²) in [6, 6.07) is 3.89. The average Bonchev–Trinajstić information content (AvgIpc) is 2.32. The van der Waals surface area contributed by atoms with Gasteiger partial charge in [-0.3, -0.25) is 4.79 Å². The Morgan fingerprint density at radius 1 is 1.39 bits per heavy atom. The first-order valence-electron chi connectivity index (χ1n) is 5.97. The average molecular weight is 270 g/mol. The smallest absolute Gasteiger partial charge is 0.241 e. The fourth-order valence-corrected chi connectivity index (χ4v) is 1.94. The quantitative estimate of drug-likeness (QED) is 0.785. The van der Waals surface area contributed by atoms with Gasteiger partial charge in [-0.05, 0) is 44.9 Å². The number of hydrogen-bond donors (Lipinski definition) is 0. The Hall–Kier alpha value is -1.22. The molecule has 0 atom stereocenters. The van der Waals surface area contributed by atoms with Crippen molar-refractivity contribution in [3.8, 4) is 5.75 Å². The van der Waals surface area contributed by atoms with E-state index in [1.54, 1.807) is 11.9 Å². The minimum Gasteiger partial charge on any atom is -0.489 e. The van der Waals surface area contributed by atoms with E-state index in [2.05, 4.69) is 0 Å². The molecule has 0 bridgehead atoms. The molecule has 0 aliphatic carbocycles. The molecule has 0 saturated carbocycles. The molecule has 1 aromatic carbocycles. The molecule has 0 unspecified atom stereocenters. The van der Waals surface area contributed by atoms with Gasteiger partial charge in [0.1, 0.15) is 11.6 Å². The fourth-order valence-electron chi connectivity index (χ4n) is 1.76. The highest BCUT2D eigenvalue weighted by Crippen LogP contribution is 2.34. The molecule has 0 radical (unpaired) electrons. The Morgan fingerprint density at radius 3 is 2.50 bits per heavy atom. The normalized spacial score (nSPS) is 10.6. The molecule has 1 amide bonds. The van der Waals surface area contributed by atoms with Gasteiger partial charge >= 0.3 is 0 Å². The number of carbonyl (C=O) groups excluding carboxylic acids is 1. The van der Waals surface area contributed by atoms with Gasteiger partial charge < -0.3 is 9.64 Å².